The van der Waals surface area contributed by atoms with E-state index >= 15 is 0 Å². The van der Waals surface area contributed by atoms with Crippen molar-refractivity contribution in [1.29, 1.82) is 0 Å². The molecule has 0 radical (unpaired) electrons. The van der Waals surface area contributed by atoms with Gasteiger partial charge in [-0.25, -0.2) is 4.39 Å². The largest absolute Gasteiger partial charge is 0.348 e. The van der Waals surface area contributed by atoms with E-state index in [0.29, 0.717) is 5.56 Å². The highest BCUT2D eigenvalue weighted by atomic mass is 19.1. The summed E-state index contributed by atoms with van der Waals surface area (Å²) in [6, 6.07) is 4.20. The van der Waals surface area contributed by atoms with Crippen LogP contribution in [0.2, 0.25) is 0 Å². The van der Waals surface area contributed by atoms with Crippen LogP contribution in [0.3, 0.4) is 0 Å². The number of hydrogen-bond acceptors (Lipinski definition) is 3. The average Bonchev–Trinajstić information content (AvgIpc) is 2.96. The Morgan fingerprint density at radius 2 is 2.35 bits per heavy atom. The van der Waals surface area contributed by atoms with Gasteiger partial charge in [0.05, 0.1) is 18.3 Å². The number of hydrogen-bond donors (Lipinski definition) is 3. The molecule has 6 heteroatoms. The van der Waals surface area contributed by atoms with E-state index in [1.54, 1.807) is 18.5 Å². The predicted molar refractivity (Wildman–Crippen MR) is 72.1 cm³/mol. The van der Waals surface area contributed by atoms with Crippen molar-refractivity contribution >= 4 is 5.91 Å². The number of rotatable bonds is 3. The van der Waals surface area contributed by atoms with Gasteiger partial charge in [0.25, 0.3) is 5.91 Å². The number of halogens is 1. The molecule has 0 saturated heterocycles. The number of nitrogens with zero attached hydrogens (tertiary/aromatic N) is 1. The quantitative estimate of drug-likeness (QED) is 0.722. The SMILES string of the molecule is NCC#Cc1ccc(C(=O)NCc2cn[nH]c2)c(F)c1. The van der Waals surface area contributed by atoms with Crippen LogP contribution in [0.4, 0.5) is 4.39 Å². The summed E-state index contributed by atoms with van der Waals surface area (Å²) in [5, 5.41) is 9.00. The van der Waals surface area contributed by atoms with Crippen LogP contribution < -0.4 is 11.1 Å². The zero-order chi connectivity index (χ0) is 14.4. The van der Waals surface area contributed by atoms with Crippen molar-refractivity contribution in [2.24, 2.45) is 5.73 Å². The highest BCUT2D eigenvalue weighted by Crippen LogP contribution is 2.10. The van der Waals surface area contributed by atoms with Gasteiger partial charge >= 0.3 is 0 Å². The number of nitrogens with two attached hydrogens (primary N) is 1. The minimum atomic E-state index is -0.612. The van der Waals surface area contributed by atoms with E-state index in [1.165, 1.54) is 12.1 Å². The third-order valence-corrected chi connectivity index (χ3v) is 2.56. The molecule has 0 aliphatic carbocycles. The first-order valence-corrected chi connectivity index (χ1v) is 5.95. The summed E-state index contributed by atoms with van der Waals surface area (Å²) in [6.45, 7) is 0.484. The average molecular weight is 272 g/mol. The molecule has 0 unspecified atom stereocenters. The van der Waals surface area contributed by atoms with Crippen LogP contribution in [0.25, 0.3) is 0 Å². The lowest BCUT2D eigenvalue weighted by atomic mass is 10.1. The molecule has 1 aromatic carbocycles. The number of nitrogens with one attached hydrogen (secondary N) is 2. The maximum atomic E-state index is 13.8. The molecule has 102 valence electrons. The number of benzene rings is 1. The summed E-state index contributed by atoms with van der Waals surface area (Å²) >= 11 is 0. The van der Waals surface area contributed by atoms with E-state index in [0.717, 1.165) is 5.56 Å². The third kappa shape index (κ3) is 3.43. The standard InChI is InChI=1S/C14H13FN4O/c15-13-6-10(2-1-5-16)3-4-12(13)14(20)17-7-11-8-18-19-9-11/h3-4,6,8-9H,5,7,16H2,(H,17,20)(H,18,19). The molecule has 4 N–H and O–H groups in total. The molecule has 20 heavy (non-hydrogen) atoms. The zero-order valence-corrected chi connectivity index (χ0v) is 10.6. The van der Waals surface area contributed by atoms with E-state index in [9.17, 15) is 9.18 Å². The lowest BCUT2D eigenvalue weighted by molar-refractivity contribution is 0.0947. The van der Waals surface area contributed by atoms with Crippen molar-refractivity contribution in [2.45, 2.75) is 6.54 Å². The minimum absolute atomic E-state index is 0.0215. The Bertz CT molecular complexity index is 656. The summed E-state index contributed by atoms with van der Waals surface area (Å²) in [5.41, 5.74) is 6.51. The maximum Gasteiger partial charge on any atom is 0.254 e. The van der Waals surface area contributed by atoms with Gasteiger partial charge < -0.3 is 11.1 Å². The van der Waals surface area contributed by atoms with Crippen LogP contribution in [0.1, 0.15) is 21.5 Å². The fourth-order valence-electron chi connectivity index (χ4n) is 1.58. The second-order valence-electron chi connectivity index (χ2n) is 3.99. The van der Waals surface area contributed by atoms with E-state index in [1.807, 2.05) is 0 Å². The van der Waals surface area contributed by atoms with Gasteiger partial charge in [-0.1, -0.05) is 11.8 Å². The highest BCUT2D eigenvalue weighted by molar-refractivity contribution is 5.94. The molecule has 0 spiro atoms. The van der Waals surface area contributed by atoms with Crippen LogP contribution in [0, 0.1) is 17.7 Å². The van der Waals surface area contributed by atoms with E-state index < -0.39 is 11.7 Å². The first-order chi connectivity index (χ1) is 9.70. The Kier molecular flexibility index (Phi) is 4.47. The fourth-order valence-corrected chi connectivity index (χ4v) is 1.58. The summed E-state index contributed by atoms with van der Waals surface area (Å²) in [7, 11) is 0. The Morgan fingerprint density at radius 3 is 3.00 bits per heavy atom. The van der Waals surface area contributed by atoms with Gasteiger partial charge in [0, 0.05) is 23.9 Å². The Hall–Kier alpha value is -2.65. The monoisotopic (exact) mass is 272 g/mol. The molecule has 0 fully saturated rings. The molecule has 0 bridgehead atoms. The molecule has 0 atom stereocenters. The molecule has 1 heterocycles. The molecular weight excluding hydrogens is 259 g/mol. The van der Waals surface area contributed by atoms with Crippen molar-refractivity contribution in [1.82, 2.24) is 15.5 Å². The number of amides is 1. The number of aromatic amines is 1. The molecule has 0 aliphatic heterocycles. The van der Waals surface area contributed by atoms with Crippen LogP contribution in [0.5, 0.6) is 0 Å². The summed E-state index contributed by atoms with van der Waals surface area (Å²) < 4.78 is 13.8. The molecule has 0 saturated carbocycles. The van der Waals surface area contributed by atoms with Crippen LogP contribution in [-0.4, -0.2) is 22.6 Å². The van der Waals surface area contributed by atoms with Gasteiger partial charge in [-0.3, -0.25) is 9.89 Å². The molecule has 0 aliphatic rings. The number of carbonyl (C=O) groups excluding carboxylic acids is 1. The van der Waals surface area contributed by atoms with Crippen LogP contribution in [0.15, 0.2) is 30.6 Å². The zero-order valence-electron chi connectivity index (χ0n) is 10.6. The van der Waals surface area contributed by atoms with Gasteiger partial charge in [0.1, 0.15) is 5.82 Å². The Morgan fingerprint density at radius 1 is 1.50 bits per heavy atom. The lowest BCUT2D eigenvalue weighted by Crippen LogP contribution is -2.23. The normalized spacial score (nSPS) is 9.70. The number of carbonyl (C=O) groups is 1. The second kappa shape index (κ2) is 6.50. The van der Waals surface area contributed by atoms with E-state index in [-0.39, 0.29) is 18.7 Å². The summed E-state index contributed by atoms with van der Waals surface area (Å²) in [5.74, 6) is 4.23. The fraction of sp³-hybridized carbons (Fsp3) is 0.143. The van der Waals surface area contributed by atoms with Crippen LogP contribution >= 0.6 is 0 Å². The van der Waals surface area contributed by atoms with Crippen molar-refractivity contribution in [3.8, 4) is 11.8 Å². The summed E-state index contributed by atoms with van der Waals surface area (Å²) in [4.78, 5) is 11.8. The van der Waals surface area contributed by atoms with Crippen LogP contribution in [-0.2, 0) is 6.54 Å². The van der Waals surface area contributed by atoms with E-state index in [4.69, 9.17) is 5.73 Å². The Balaban J connectivity index is 2.06. The van der Waals surface area contributed by atoms with Crippen molar-refractivity contribution in [2.75, 3.05) is 6.54 Å². The van der Waals surface area contributed by atoms with Crippen molar-refractivity contribution < 1.29 is 9.18 Å². The third-order valence-electron chi connectivity index (χ3n) is 2.56. The summed E-state index contributed by atoms with van der Waals surface area (Å²) in [6.07, 6.45) is 3.24. The second-order valence-corrected chi connectivity index (χ2v) is 3.99. The highest BCUT2D eigenvalue weighted by Gasteiger charge is 2.11. The first kappa shape index (κ1) is 13.8. The van der Waals surface area contributed by atoms with Crippen molar-refractivity contribution in [3.05, 3.63) is 53.1 Å². The van der Waals surface area contributed by atoms with E-state index in [2.05, 4.69) is 27.4 Å². The smallest absolute Gasteiger partial charge is 0.254 e. The number of aromatic nitrogens is 2. The van der Waals surface area contributed by atoms with Gasteiger partial charge in [0.15, 0.2) is 0 Å². The molecular formula is C14H13FN4O. The molecule has 1 amide bonds. The first-order valence-electron chi connectivity index (χ1n) is 5.95. The van der Waals surface area contributed by atoms with Crippen molar-refractivity contribution in [3.63, 3.8) is 0 Å². The lowest BCUT2D eigenvalue weighted by Gasteiger charge is -2.05. The number of H-pyrrole nitrogens is 1. The molecule has 2 rings (SSSR count). The topological polar surface area (TPSA) is 83.8 Å². The van der Waals surface area contributed by atoms with Gasteiger partial charge in [0.2, 0.25) is 0 Å². The van der Waals surface area contributed by atoms with Gasteiger partial charge in [-0.05, 0) is 18.2 Å². The predicted octanol–water partition coefficient (Wildman–Crippen LogP) is 0.789. The van der Waals surface area contributed by atoms with Gasteiger partial charge in [-0.2, -0.15) is 5.10 Å². The minimum Gasteiger partial charge on any atom is -0.348 e. The van der Waals surface area contributed by atoms with Gasteiger partial charge in [-0.15, -0.1) is 0 Å². The molecule has 2 aromatic rings. The molecule has 5 nitrogen and oxygen atoms in total. The Labute approximate surface area is 115 Å². The molecule has 1 aromatic heterocycles. The maximum absolute atomic E-state index is 13.8.